The van der Waals surface area contributed by atoms with Crippen molar-refractivity contribution >= 4 is 33.3 Å². The molecule has 4 heterocycles. The molecule has 0 saturated carbocycles. The van der Waals surface area contributed by atoms with Gasteiger partial charge in [0.25, 0.3) is 0 Å². The molecule has 1 N–H and O–H groups in total. The van der Waals surface area contributed by atoms with Crippen LogP contribution in [0.1, 0.15) is 41.1 Å². The third kappa shape index (κ3) is 5.16. The van der Waals surface area contributed by atoms with Gasteiger partial charge in [-0.15, -0.1) is 0 Å². The first-order valence-corrected chi connectivity index (χ1v) is 13.5. The molecule has 0 unspecified atom stereocenters. The van der Waals surface area contributed by atoms with Crippen LogP contribution in [0.25, 0.3) is 5.69 Å². The molecule has 8 heteroatoms. The maximum atomic E-state index is 5.90. The van der Waals surface area contributed by atoms with E-state index in [1.807, 2.05) is 12.3 Å². The van der Waals surface area contributed by atoms with Gasteiger partial charge in [0, 0.05) is 53.9 Å². The number of rotatable bonds is 7. The van der Waals surface area contributed by atoms with Crippen LogP contribution in [0.2, 0.25) is 0 Å². The Morgan fingerprint density at radius 2 is 1.91 bits per heavy atom. The summed E-state index contributed by atoms with van der Waals surface area (Å²) < 4.78 is 8.92. The van der Waals surface area contributed by atoms with E-state index >= 15 is 0 Å². The topological polar surface area (TPSA) is 45.6 Å². The number of aromatic nitrogens is 2. The molecule has 0 radical (unpaired) electrons. The molecule has 2 aromatic heterocycles. The molecule has 2 saturated heterocycles. The van der Waals surface area contributed by atoms with Gasteiger partial charge in [-0.2, -0.15) is 0 Å². The van der Waals surface area contributed by atoms with Gasteiger partial charge in [-0.05, 0) is 74.4 Å². The van der Waals surface area contributed by atoms with Crippen molar-refractivity contribution in [2.75, 3.05) is 39.4 Å². The van der Waals surface area contributed by atoms with E-state index in [-0.39, 0.29) is 12.1 Å². The molecular weight excluding hydrogens is 522 g/mol. The fourth-order valence-corrected chi connectivity index (χ4v) is 6.09. The van der Waals surface area contributed by atoms with E-state index in [1.54, 1.807) is 0 Å². The Balaban J connectivity index is 1.47. The summed E-state index contributed by atoms with van der Waals surface area (Å²) in [6.45, 7) is 10.0. The highest BCUT2D eigenvalue weighted by Gasteiger charge is 2.41. The maximum absolute atomic E-state index is 5.90. The van der Waals surface area contributed by atoms with E-state index in [2.05, 4.69) is 91.9 Å². The van der Waals surface area contributed by atoms with Gasteiger partial charge in [0.05, 0.1) is 31.0 Å². The van der Waals surface area contributed by atoms with Crippen molar-refractivity contribution in [1.82, 2.24) is 24.7 Å². The fourth-order valence-electron chi connectivity index (χ4n) is 5.37. The average Bonchev–Trinajstić information content (AvgIpc) is 3.35. The lowest BCUT2D eigenvalue weighted by Gasteiger charge is -2.30. The summed E-state index contributed by atoms with van der Waals surface area (Å²) in [4.78, 5) is 9.57. The van der Waals surface area contributed by atoms with Gasteiger partial charge in [-0.1, -0.05) is 28.1 Å². The first-order valence-electron chi connectivity index (χ1n) is 12.3. The van der Waals surface area contributed by atoms with Crippen molar-refractivity contribution < 1.29 is 4.74 Å². The number of morpholine rings is 1. The summed E-state index contributed by atoms with van der Waals surface area (Å²) >= 11 is 9.53. The summed E-state index contributed by atoms with van der Waals surface area (Å²) in [6.07, 6.45) is 2.92. The Labute approximate surface area is 221 Å². The van der Waals surface area contributed by atoms with Crippen LogP contribution in [-0.2, 0) is 4.74 Å². The van der Waals surface area contributed by atoms with Gasteiger partial charge in [0.15, 0.2) is 5.11 Å². The normalized spacial score (nSPS) is 20.9. The zero-order valence-electron chi connectivity index (χ0n) is 20.3. The Morgan fingerprint density at radius 3 is 2.66 bits per heavy atom. The smallest absolute Gasteiger partial charge is 0.170 e. The number of thiocarbonyl (C=S) groups is 1. The van der Waals surface area contributed by atoms with Crippen molar-refractivity contribution in [3.63, 3.8) is 0 Å². The van der Waals surface area contributed by atoms with Crippen LogP contribution in [0, 0.1) is 13.8 Å². The molecule has 0 amide bonds. The summed E-state index contributed by atoms with van der Waals surface area (Å²) in [5.74, 6) is 0. The quantitative estimate of drug-likeness (QED) is 0.418. The number of ether oxygens (including phenoxy) is 1. The van der Waals surface area contributed by atoms with Crippen LogP contribution >= 0.6 is 28.1 Å². The number of halogens is 1. The van der Waals surface area contributed by atoms with Crippen LogP contribution in [0.5, 0.6) is 0 Å². The van der Waals surface area contributed by atoms with Gasteiger partial charge in [-0.3, -0.25) is 9.88 Å². The number of nitrogens with zero attached hydrogens (tertiary/aromatic N) is 4. The Hall–Kier alpha value is -2.26. The fraction of sp³-hybridized carbons (Fsp3) is 0.407. The van der Waals surface area contributed by atoms with Crippen LogP contribution in [0.4, 0.5) is 0 Å². The highest BCUT2D eigenvalue weighted by Crippen LogP contribution is 2.41. The van der Waals surface area contributed by atoms with Crippen molar-refractivity contribution in [2.24, 2.45) is 0 Å². The molecular formula is C27H32BrN5OS. The lowest BCUT2D eigenvalue weighted by molar-refractivity contribution is 0.0365. The van der Waals surface area contributed by atoms with Gasteiger partial charge in [-0.25, -0.2) is 0 Å². The SMILES string of the molecule is Cc1cc([C@@H]2[C@H](c3ccccn3)NC(=S)N2CCCN2CCOCC2)c(C)n1-c1cccc(Br)c1. The van der Waals surface area contributed by atoms with E-state index in [9.17, 15) is 0 Å². The predicted octanol–water partition coefficient (Wildman–Crippen LogP) is 4.95. The Bertz CT molecular complexity index is 1180. The van der Waals surface area contributed by atoms with Gasteiger partial charge >= 0.3 is 0 Å². The lowest BCUT2D eigenvalue weighted by Crippen LogP contribution is -2.39. The van der Waals surface area contributed by atoms with Gasteiger partial charge in [0.2, 0.25) is 0 Å². The summed E-state index contributed by atoms with van der Waals surface area (Å²) in [7, 11) is 0. The third-order valence-corrected chi connectivity index (χ3v) is 7.88. The Kier molecular flexibility index (Phi) is 7.53. The molecule has 6 nitrogen and oxygen atoms in total. The van der Waals surface area contributed by atoms with E-state index in [4.69, 9.17) is 21.9 Å². The zero-order chi connectivity index (χ0) is 24.4. The first-order chi connectivity index (χ1) is 17.0. The molecule has 5 rings (SSSR count). The summed E-state index contributed by atoms with van der Waals surface area (Å²) in [6, 6.07) is 17.0. The number of benzene rings is 1. The molecule has 35 heavy (non-hydrogen) atoms. The number of nitrogens with one attached hydrogen (secondary N) is 1. The molecule has 1 aromatic carbocycles. The number of hydrogen-bond donors (Lipinski definition) is 1. The van der Waals surface area contributed by atoms with Gasteiger partial charge < -0.3 is 19.5 Å². The molecule has 2 atom stereocenters. The largest absolute Gasteiger partial charge is 0.379 e. The molecule has 0 bridgehead atoms. The minimum Gasteiger partial charge on any atom is -0.379 e. The molecule has 2 aliphatic heterocycles. The Morgan fingerprint density at radius 1 is 1.09 bits per heavy atom. The second-order valence-corrected chi connectivity index (χ2v) is 10.6. The van der Waals surface area contributed by atoms with Crippen molar-refractivity contribution in [3.8, 4) is 5.69 Å². The highest BCUT2D eigenvalue weighted by atomic mass is 79.9. The molecule has 2 aliphatic rings. The summed E-state index contributed by atoms with van der Waals surface area (Å²) in [5.41, 5.74) is 5.90. The second-order valence-electron chi connectivity index (χ2n) is 9.27. The molecule has 184 valence electrons. The lowest BCUT2D eigenvalue weighted by atomic mass is 9.96. The molecule has 0 spiro atoms. The van der Waals surface area contributed by atoms with E-state index in [0.717, 1.165) is 66.8 Å². The molecule has 0 aliphatic carbocycles. The van der Waals surface area contributed by atoms with Crippen LogP contribution in [0.15, 0.2) is 59.2 Å². The number of pyridine rings is 1. The van der Waals surface area contributed by atoms with Crippen LogP contribution < -0.4 is 5.32 Å². The number of hydrogen-bond acceptors (Lipinski definition) is 4. The van der Waals surface area contributed by atoms with Crippen molar-refractivity contribution in [2.45, 2.75) is 32.4 Å². The van der Waals surface area contributed by atoms with Crippen LogP contribution in [-0.4, -0.2) is 63.9 Å². The monoisotopic (exact) mass is 553 g/mol. The minimum atomic E-state index is 0.00328. The summed E-state index contributed by atoms with van der Waals surface area (Å²) in [5, 5.41) is 4.41. The average molecular weight is 555 g/mol. The van der Waals surface area contributed by atoms with Crippen molar-refractivity contribution in [1.29, 1.82) is 0 Å². The minimum absolute atomic E-state index is 0.00328. The van der Waals surface area contributed by atoms with E-state index in [1.165, 1.54) is 17.0 Å². The first kappa shape index (κ1) is 24.4. The maximum Gasteiger partial charge on any atom is 0.170 e. The second kappa shape index (κ2) is 10.8. The van der Waals surface area contributed by atoms with E-state index in [0.29, 0.717) is 0 Å². The predicted molar refractivity (Wildman–Crippen MR) is 147 cm³/mol. The standard InChI is InChI=1S/C27H32BrN5OS/c1-19-17-23(20(2)33(19)22-8-5-7-21(28)18-22)26-25(24-9-3-4-10-29-24)30-27(35)32(26)12-6-11-31-13-15-34-16-14-31/h3-5,7-10,17-18,25-26H,6,11-16H2,1-2H3,(H,30,35)/t25-,26+/m0/s1. The highest BCUT2D eigenvalue weighted by molar-refractivity contribution is 9.10. The third-order valence-electron chi connectivity index (χ3n) is 7.03. The zero-order valence-corrected chi connectivity index (χ0v) is 22.7. The van der Waals surface area contributed by atoms with E-state index < -0.39 is 0 Å². The van der Waals surface area contributed by atoms with Crippen molar-refractivity contribution in [3.05, 3.63) is 81.8 Å². The van der Waals surface area contributed by atoms with Crippen LogP contribution in [0.3, 0.4) is 0 Å². The molecule has 2 fully saturated rings. The van der Waals surface area contributed by atoms with Gasteiger partial charge in [0.1, 0.15) is 0 Å². The number of aryl methyl sites for hydroxylation is 1. The molecule has 3 aromatic rings.